The van der Waals surface area contributed by atoms with Crippen molar-refractivity contribution in [2.75, 3.05) is 0 Å². The Kier molecular flexibility index (Phi) is 4.55. The third-order valence-corrected chi connectivity index (χ3v) is 10.1. The Morgan fingerprint density at radius 2 is 1.17 bits per heavy atom. The van der Waals surface area contributed by atoms with Gasteiger partial charge in [-0.05, 0) is 111 Å². The standard InChI is InChI=1S/C23H39Cl/c1-22(2)17-7-5-15(13-17)20(22)11-9-19(24)10-12-21-16-6-8-18(14-16)23(21,3)4/h15-21H,5-14H2,1-4H3. The van der Waals surface area contributed by atoms with Gasteiger partial charge in [0.25, 0.3) is 0 Å². The predicted molar refractivity (Wildman–Crippen MR) is 104 cm³/mol. The molecule has 24 heavy (non-hydrogen) atoms. The van der Waals surface area contributed by atoms with Crippen LogP contribution in [-0.2, 0) is 0 Å². The van der Waals surface area contributed by atoms with E-state index in [9.17, 15) is 0 Å². The van der Waals surface area contributed by atoms with E-state index >= 15 is 0 Å². The van der Waals surface area contributed by atoms with Gasteiger partial charge in [-0.3, -0.25) is 0 Å². The summed E-state index contributed by atoms with van der Waals surface area (Å²) in [7, 11) is 0. The lowest BCUT2D eigenvalue weighted by molar-refractivity contribution is 0.105. The Morgan fingerprint density at radius 1 is 0.750 bits per heavy atom. The fourth-order valence-corrected chi connectivity index (χ4v) is 8.27. The molecule has 0 aromatic heterocycles. The van der Waals surface area contributed by atoms with Gasteiger partial charge in [0.05, 0.1) is 0 Å². The Morgan fingerprint density at radius 3 is 1.50 bits per heavy atom. The second kappa shape index (κ2) is 6.17. The summed E-state index contributed by atoms with van der Waals surface area (Å²) in [5.41, 5.74) is 1.18. The maximum atomic E-state index is 6.83. The average molecular weight is 351 g/mol. The van der Waals surface area contributed by atoms with Gasteiger partial charge in [-0.25, -0.2) is 0 Å². The fraction of sp³-hybridized carbons (Fsp3) is 1.00. The fourth-order valence-electron chi connectivity index (χ4n) is 8.02. The molecule has 0 nitrogen and oxygen atoms in total. The van der Waals surface area contributed by atoms with Crippen molar-refractivity contribution in [3.05, 3.63) is 0 Å². The van der Waals surface area contributed by atoms with Crippen LogP contribution in [0.4, 0.5) is 0 Å². The van der Waals surface area contributed by atoms with Crippen molar-refractivity contribution in [1.82, 2.24) is 0 Å². The molecule has 6 atom stereocenters. The van der Waals surface area contributed by atoms with Crippen LogP contribution in [0.5, 0.6) is 0 Å². The number of rotatable bonds is 6. The van der Waals surface area contributed by atoms with E-state index in [1.54, 1.807) is 0 Å². The highest BCUT2D eigenvalue weighted by Gasteiger charge is 2.53. The van der Waals surface area contributed by atoms with Crippen LogP contribution in [0.25, 0.3) is 0 Å². The second-order valence-corrected chi connectivity index (χ2v) is 11.8. The molecule has 0 saturated heterocycles. The van der Waals surface area contributed by atoms with Gasteiger partial charge >= 0.3 is 0 Å². The van der Waals surface area contributed by atoms with E-state index in [0.717, 1.165) is 35.5 Å². The molecule has 0 amide bonds. The Balaban J connectivity index is 1.25. The summed E-state index contributed by atoms with van der Waals surface area (Å²) >= 11 is 6.83. The number of hydrogen-bond donors (Lipinski definition) is 0. The third-order valence-electron chi connectivity index (χ3n) is 9.68. The zero-order valence-corrected chi connectivity index (χ0v) is 17.2. The van der Waals surface area contributed by atoms with Gasteiger partial charge in [-0.1, -0.05) is 27.7 Å². The molecule has 0 N–H and O–H groups in total. The normalized spacial score (nSPS) is 45.9. The number of hydrogen-bond acceptors (Lipinski definition) is 0. The second-order valence-electron chi connectivity index (χ2n) is 11.1. The minimum atomic E-state index is 0.426. The molecule has 4 rings (SSSR count). The van der Waals surface area contributed by atoms with E-state index < -0.39 is 0 Å². The van der Waals surface area contributed by atoms with E-state index in [-0.39, 0.29) is 0 Å². The molecule has 0 aromatic carbocycles. The summed E-state index contributed by atoms with van der Waals surface area (Å²) in [6.45, 7) is 10.2. The largest absolute Gasteiger partial charge is 0.123 e. The third kappa shape index (κ3) is 2.78. The minimum absolute atomic E-state index is 0.426. The predicted octanol–water partition coefficient (Wildman–Crippen LogP) is 7.30. The molecular formula is C23H39Cl. The van der Waals surface area contributed by atoms with Crippen LogP contribution >= 0.6 is 11.6 Å². The first-order chi connectivity index (χ1) is 11.3. The molecule has 0 aliphatic heterocycles. The van der Waals surface area contributed by atoms with Crippen molar-refractivity contribution in [3.63, 3.8) is 0 Å². The highest BCUT2D eigenvalue weighted by atomic mass is 35.5. The highest BCUT2D eigenvalue weighted by molar-refractivity contribution is 6.20. The lowest BCUT2D eigenvalue weighted by Crippen LogP contribution is -2.32. The van der Waals surface area contributed by atoms with Crippen LogP contribution in [0.15, 0.2) is 0 Å². The lowest BCUT2D eigenvalue weighted by atomic mass is 9.66. The Bertz CT molecular complexity index is 423. The van der Waals surface area contributed by atoms with Crippen molar-refractivity contribution in [3.8, 4) is 0 Å². The molecule has 6 unspecified atom stereocenters. The summed E-state index contributed by atoms with van der Waals surface area (Å²) in [4.78, 5) is 0. The molecule has 4 saturated carbocycles. The van der Waals surface area contributed by atoms with E-state index in [0.29, 0.717) is 16.2 Å². The topological polar surface area (TPSA) is 0 Å². The maximum Gasteiger partial charge on any atom is 0.0336 e. The zero-order chi connectivity index (χ0) is 17.1. The highest BCUT2D eigenvalue weighted by Crippen LogP contribution is 2.62. The van der Waals surface area contributed by atoms with E-state index in [2.05, 4.69) is 27.7 Å². The molecule has 0 radical (unpaired) electrons. The van der Waals surface area contributed by atoms with Crippen LogP contribution < -0.4 is 0 Å². The van der Waals surface area contributed by atoms with Crippen LogP contribution in [0.3, 0.4) is 0 Å². The van der Waals surface area contributed by atoms with Crippen LogP contribution in [0.1, 0.15) is 91.9 Å². The first-order valence-electron chi connectivity index (χ1n) is 10.9. The summed E-state index contributed by atoms with van der Waals surface area (Å²) in [5.74, 6) is 5.98. The summed E-state index contributed by atoms with van der Waals surface area (Å²) in [5, 5.41) is 0.426. The van der Waals surface area contributed by atoms with Crippen molar-refractivity contribution >= 4 is 11.6 Å². The first-order valence-corrected chi connectivity index (χ1v) is 11.4. The number of halogens is 1. The number of fused-ring (bicyclic) bond motifs is 4. The van der Waals surface area contributed by atoms with Crippen molar-refractivity contribution in [2.24, 2.45) is 46.3 Å². The Hall–Kier alpha value is 0.290. The average Bonchev–Trinajstić information content (AvgIpc) is 3.23. The first kappa shape index (κ1) is 17.7. The van der Waals surface area contributed by atoms with E-state index in [1.165, 1.54) is 64.2 Å². The van der Waals surface area contributed by atoms with Crippen LogP contribution in [-0.4, -0.2) is 5.38 Å². The molecule has 1 heteroatoms. The van der Waals surface area contributed by atoms with E-state index in [4.69, 9.17) is 11.6 Å². The van der Waals surface area contributed by atoms with E-state index in [1.807, 2.05) is 0 Å². The summed E-state index contributed by atoms with van der Waals surface area (Å²) < 4.78 is 0. The molecule has 4 aliphatic rings. The van der Waals surface area contributed by atoms with Gasteiger partial charge in [0, 0.05) is 5.38 Å². The van der Waals surface area contributed by atoms with Gasteiger partial charge in [0.2, 0.25) is 0 Å². The van der Waals surface area contributed by atoms with Crippen LogP contribution in [0.2, 0.25) is 0 Å². The molecule has 138 valence electrons. The summed E-state index contributed by atoms with van der Waals surface area (Å²) in [6.07, 6.45) is 14.4. The van der Waals surface area contributed by atoms with Crippen LogP contribution in [0, 0.1) is 46.3 Å². The molecule has 4 aliphatic carbocycles. The van der Waals surface area contributed by atoms with Crippen molar-refractivity contribution in [2.45, 2.75) is 97.3 Å². The van der Waals surface area contributed by atoms with Crippen molar-refractivity contribution < 1.29 is 0 Å². The molecule has 0 spiro atoms. The zero-order valence-electron chi connectivity index (χ0n) is 16.5. The smallest absolute Gasteiger partial charge is 0.0336 e. The van der Waals surface area contributed by atoms with Gasteiger partial charge in [0.15, 0.2) is 0 Å². The quantitative estimate of drug-likeness (QED) is 0.441. The minimum Gasteiger partial charge on any atom is -0.123 e. The van der Waals surface area contributed by atoms with Gasteiger partial charge in [-0.2, -0.15) is 0 Å². The lowest BCUT2D eigenvalue weighted by Gasteiger charge is -2.39. The van der Waals surface area contributed by atoms with Gasteiger partial charge in [-0.15, -0.1) is 11.6 Å². The SMILES string of the molecule is CC1(C)C2CCC(C2)C1CCC(Cl)CCC1C2CCC(C2)C1(C)C. The molecular weight excluding hydrogens is 312 g/mol. The summed E-state index contributed by atoms with van der Waals surface area (Å²) in [6, 6.07) is 0. The maximum absolute atomic E-state index is 6.83. The molecule has 0 heterocycles. The van der Waals surface area contributed by atoms with Gasteiger partial charge in [0.1, 0.15) is 0 Å². The molecule has 4 bridgehead atoms. The Labute approximate surface area is 155 Å². The van der Waals surface area contributed by atoms with Gasteiger partial charge < -0.3 is 0 Å². The molecule has 4 fully saturated rings. The monoisotopic (exact) mass is 350 g/mol. The van der Waals surface area contributed by atoms with Crippen molar-refractivity contribution in [1.29, 1.82) is 0 Å². The number of alkyl halides is 1. The molecule has 0 aromatic rings.